The van der Waals surface area contributed by atoms with E-state index in [0.717, 1.165) is 12.8 Å². The minimum Gasteiger partial charge on any atom is -0.488 e. The van der Waals surface area contributed by atoms with E-state index in [0.29, 0.717) is 25.4 Å². The molecule has 1 aromatic carbocycles. The van der Waals surface area contributed by atoms with Crippen LogP contribution in [0.1, 0.15) is 12.0 Å². The third kappa shape index (κ3) is 3.96. The molecule has 0 saturated carbocycles. The molecule has 0 aliphatic rings. The topological polar surface area (TPSA) is 57.2 Å². The van der Waals surface area contributed by atoms with Crippen LogP contribution in [0.2, 0.25) is 0 Å². The summed E-state index contributed by atoms with van der Waals surface area (Å²) in [7, 11) is 0. The molecule has 0 atom stereocenters. The lowest BCUT2D eigenvalue weighted by Crippen LogP contribution is -2.23. The molecule has 2 rings (SSSR count). The highest BCUT2D eigenvalue weighted by Gasteiger charge is 2.04. The number of hydrogen-bond acceptors (Lipinski definition) is 3. The molecule has 0 unspecified atom stereocenters. The summed E-state index contributed by atoms with van der Waals surface area (Å²) in [6.45, 7) is 1.71. The molecule has 0 saturated heterocycles. The zero-order valence-corrected chi connectivity index (χ0v) is 11.5. The Morgan fingerprint density at radius 1 is 1.10 bits per heavy atom. The van der Waals surface area contributed by atoms with E-state index in [1.165, 1.54) is 5.56 Å². The van der Waals surface area contributed by atoms with Crippen LogP contribution in [-0.4, -0.2) is 17.7 Å². The second-order valence-electron chi connectivity index (χ2n) is 4.60. The summed E-state index contributed by atoms with van der Waals surface area (Å²) >= 11 is 0. The van der Waals surface area contributed by atoms with Crippen molar-refractivity contribution in [3.8, 4) is 5.75 Å². The number of rotatable bonds is 7. The molecule has 2 N–H and O–H groups in total. The first-order chi connectivity index (χ1) is 9.81. The van der Waals surface area contributed by atoms with Gasteiger partial charge in [-0.2, -0.15) is 0 Å². The Morgan fingerprint density at radius 2 is 1.90 bits per heavy atom. The summed E-state index contributed by atoms with van der Waals surface area (Å²) in [6.07, 6.45) is 3.34. The van der Waals surface area contributed by atoms with Gasteiger partial charge in [0.05, 0.1) is 6.61 Å². The zero-order valence-electron chi connectivity index (χ0n) is 11.5. The lowest BCUT2D eigenvalue weighted by atomic mass is 10.2. The molecular weight excluding hydrogens is 252 g/mol. The van der Waals surface area contributed by atoms with Crippen LogP contribution in [0.25, 0.3) is 0 Å². The lowest BCUT2D eigenvalue weighted by molar-refractivity contribution is 0.314. The fourth-order valence-electron chi connectivity index (χ4n) is 1.99. The van der Waals surface area contributed by atoms with Gasteiger partial charge in [0.15, 0.2) is 5.75 Å². The molecule has 1 aromatic heterocycles. The maximum absolute atomic E-state index is 12.1. The highest BCUT2D eigenvalue weighted by molar-refractivity contribution is 5.18. The Labute approximate surface area is 118 Å². The van der Waals surface area contributed by atoms with Gasteiger partial charge in [-0.3, -0.25) is 4.79 Å². The average molecular weight is 272 g/mol. The van der Waals surface area contributed by atoms with Crippen molar-refractivity contribution in [1.82, 2.24) is 4.57 Å². The van der Waals surface area contributed by atoms with E-state index in [4.69, 9.17) is 10.5 Å². The van der Waals surface area contributed by atoms with Gasteiger partial charge in [-0.1, -0.05) is 30.3 Å². The summed E-state index contributed by atoms with van der Waals surface area (Å²) < 4.78 is 7.24. The van der Waals surface area contributed by atoms with Crippen LogP contribution in [0.4, 0.5) is 0 Å². The molecule has 2 aromatic rings. The van der Waals surface area contributed by atoms with E-state index in [-0.39, 0.29) is 5.56 Å². The van der Waals surface area contributed by atoms with Gasteiger partial charge in [0, 0.05) is 19.2 Å². The normalized spacial score (nSPS) is 10.4. The first-order valence-corrected chi connectivity index (χ1v) is 6.87. The van der Waals surface area contributed by atoms with Gasteiger partial charge in [-0.05, 0) is 30.7 Å². The Kier molecular flexibility index (Phi) is 5.38. The molecule has 4 nitrogen and oxygen atoms in total. The number of aromatic nitrogens is 1. The van der Waals surface area contributed by atoms with Crippen LogP contribution in [-0.2, 0) is 13.0 Å². The summed E-state index contributed by atoms with van der Waals surface area (Å²) in [5.41, 5.74) is 6.57. The standard InChI is InChI=1S/C16H20N2O2/c17-10-5-12-18-11-4-8-15(16(18)19)20-13-9-14-6-2-1-3-7-14/h1-4,6-8,11H,5,9-10,12-13,17H2. The number of nitrogens with two attached hydrogens (primary N) is 1. The van der Waals surface area contributed by atoms with Crippen LogP contribution in [0.3, 0.4) is 0 Å². The van der Waals surface area contributed by atoms with Crippen LogP contribution >= 0.6 is 0 Å². The number of pyridine rings is 1. The Morgan fingerprint density at radius 3 is 2.65 bits per heavy atom. The molecule has 4 heteroatoms. The van der Waals surface area contributed by atoms with E-state index in [9.17, 15) is 4.79 Å². The highest BCUT2D eigenvalue weighted by atomic mass is 16.5. The molecule has 20 heavy (non-hydrogen) atoms. The van der Waals surface area contributed by atoms with E-state index < -0.39 is 0 Å². The van der Waals surface area contributed by atoms with Crippen LogP contribution in [0.5, 0.6) is 5.75 Å². The third-order valence-corrected chi connectivity index (χ3v) is 3.08. The maximum Gasteiger partial charge on any atom is 0.292 e. The van der Waals surface area contributed by atoms with Crippen molar-refractivity contribution in [1.29, 1.82) is 0 Å². The second-order valence-corrected chi connectivity index (χ2v) is 4.60. The Hall–Kier alpha value is -2.07. The average Bonchev–Trinajstić information content (AvgIpc) is 2.49. The molecule has 0 radical (unpaired) electrons. The van der Waals surface area contributed by atoms with Crippen molar-refractivity contribution in [2.75, 3.05) is 13.2 Å². The van der Waals surface area contributed by atoms with E-state index in [1.54, 1.807) is 16.8 Å². The molecule has 0 aliphatic heterocycles. The predicted molar refractivity (Wildman–Crippen MR) is 80.0 cm³/mol. The number of ether oxygens (including phenoxy) is 1. The van der Waals surface area contributed by atoms with Crippen LogP contribution < -0.4 is 16.0 Å². The fraction of sp³-hybridized carbons (Fsp3) is 0.312. The smallest absolute Gasteiger partial charge is 0.292 e. The first kappa shape index (κ1) is 14.3. The van der Waals surface area contributed by atoms with Gasteiger partial charge in [0.2, 0.25) is 0 Å². The van der Waals surface area contributed by atoms with Gasteiger partial charge in [-0.25, -0.2) is 0 Å². The van der Waals surface area contributed by atoms with E-state index in [1.807, 2.05) is 36.4 Å². The number of benzene rings is 1. The summed E-state index contributed by atoms with van der Waals surface area (Å²) in [6, 6.07) is 13.6. The maximum atomic E-state index is 12.1. The summed E-state index contributed by atoms with van der Waals surface area (Å²) in [5.74, 6) is 0.403. The Bertz CT molecular complexity index is 579. The molecule has 0 spiro atoms. The van der Waals surface area contributed by atoms with Crippen LogP contribution in [0, 0.1) is 0 Å². The largest absolute Gasteiger partial charge is 0.488 e. The molecule has 0 aliphatic carbocycles. The number of hydrogen-bond donors (Lipinski definition) is 1. The number of aryl methyl sites for hydroxylation is 1. The SMILES string of the molecule is NCCCn1cccc(OCCc2ccccc2)c1=O. The van der Waals surface area contributed by atoms with Gasteiger partial charge in [0.1, 0.15) is 0 Å². The Balaban J connectivity index is 1.94. The van der Waals surface area contributed by atoms with Gasteiger partial charge >= 0.3 is 0 Å². The predicted octanol–water partition coefficient (Wildman–Crippen LogP) is 1.82. The highest BCUT2D eigenvalue weighted by Crippen LogP contribution is 2.05. The lowest BCUT2D eigenvalue weighted by Gasteiger charge is -2.09. The van der Waals surface area contributed by atoms with E-state index in [2.05, 4.69) is 0 Å². The van der Waals surface area contributed by atoms with Gasteiger partial charge in [0.25, 0.3) is 5.56 Å². The molecule has 0 amide bonds. The first-order valence-electron chi connectivity index (χ1n) is 6.87. The van der Waals surface area contributed by atoms with E-state index >= 15 is 0 Å². The van der Waals surface area contributed by atoms with Crippen molar-refractivity contribution in [2.24, 2.45) is 5.73 Å². The van der Waals surface area contributed by atoms with Gasteiger partial charge < -0.3 is 15.0 Å². The molecule has 106 valence electrons. The number of nitrogens with zero attached hydrogens (tertiary/aromatic N) is 1. The third-order valence-electron chi connectivity index (χ3n) is 3.08. The monoisotopic (exact) mass is 272 g/mol. The van der Waals surface area contributed by atoms with Crippen molar-refractivity contribution in [2.45, 2.75) is 19.4 Å². The summed E-state index contributed by atoms with van der Waals surface area (Å²) in [5, 5.41) is 0. The fourth-order valence-corrected chi connectivity index (χ4v) is 1.99. The minimum atomic E-state index is -0.0889. The van der Waals surface area contributed by atoms with Crippen molar-refractivity contribution in [3.05, 3.63) is 64.6 Å². The molecule has 0 fully saturated rings. The second kappa shape index (κ2) is 7.50. The van der Waals surface area contributed by atoms with Gasteiger partial charge in [-0.15, -0.1) is 0 Å². The van der Waals surface area contributed by atoms with Crippen molar-refractivity contribution in [3.63, 3.8) is 0 Å². The minimum absolute atomic E-state index is 0.0889. The van der Waals surface area contributed by atoms with Crippen molar-refractivity contribution >= 4 is 0 Å². The zero-order chi connectivity index (χ0) is 14.2. The van der Waals surface area contributed by atoms with Crippen LogP contribution in [0.15, 0.2) is 53.5 Å². The quantitative estimate of drug-likeness (QED) is 0.836. The van der Waals surface area contributed by atoms with Crippen molar-refractivity contribution < 1.29 is 4.74 Å². The molecular formula is C16H20N2O2. The molecule has 1 heterocycles. The molecule has 0 bridgehead atoms. The summed E-state index contributed by atoms with van der Waals surface area (Å²) in [4.78, 5) is 12.1.